The van der Waals surface area contributed by atoms with E-state index in [1.54, 1.807) is 0 Å². The molecular formula is C17H23NO4. The van der Waals surface area contributed by atoms with E-state index >= 15 is 0 Å². The molecule has 1 atom stereocenters. The van der Waals surface area contributed by atoms with Crippen LogP contribution >= 0.6 is 0 Å². The van der Waals surface area contributed by atoms with Gasteiger partial charge in [0.2, 0.25) is 5.91 Å². The predicted molar refractivity (Wildman–Crippen MR) is 82.9 cm³/mol. The highest BCUT2D eigenvalue weighted by molar-refractivity contribution is 5.84. The van der Waals surface area contributed by atoms with Gasteiger partial charge in [-0.15, -0.1) is 0 Å². The number of carboxylic acids is 1. The number of benzene rings is 1. The summed E-state index contributed by atoms with van der Waals surface area (Å²) in [6, 6.07) is 7.03. The minimum absolute atomic E-state index is 0.0685. The van der Waals surface area contributed by atoms with E-state index in [1.807, 2.05) is 31.2 Å². The van der Waals surface area contributed by atoms with Crippen molar-refractivity contribution in [1.82, 2.24) is 4.90 Å². The summed E-state index contributed by atoms with van der Waals surface area (Å²) in [5, 5.41) is 9.22. The van der Waals surface area contributed by atoms with Gasteiger partial charge in [0.25, 0.3) is 0 Å². The van der Waals surface area contributed by atoms with Crippen molar-refractivity contribution >= 4 is 11.9 Å². The van der Waals surface area contributed by atoms with Gasteiger partial charge in [-0.2, -0.15) is 0 Å². The Morgan fingerprint density at radius 3 is 2.64 bits per heavy atom. The highest BCUT2D eigenvalue weighted by Crippen LogP contribution is 2.19. The van der Waals surface area contributed by atoms with E-state index in [-0.39, 0.29) is 5.91 Å². The van der Waals surface area contributed by atoms with Crippen molar-refractivity contribution in [2.24, 2.45) is 0 Å². The van der Waals surface area contributed by atoms with Gasteiger partial charge in [0.1, 0.15) is 11.8 Å². The first-order valence-corrected chi connectivity index (χ1v) is 7.86. The Balaban J connectivity index is 1.89. The van der Waals surface area contributed by atoms with Crippen molar-refractivity contribution in [3.05, 3.63) is 29.8 Å². The Hall–Kier alpha value is -2.04. The highest BCUT2D eigenvalue weighted by atomic mass is 16.5. The monoisotopic (exact) mass is 305 g/mol. The molecule has 0 radical (unpaired) electrons. The fraction of sp³-hybridized carbons (Fsp3) is 0.529. The van der Waals surface area contributed by atoms with Gasteiger partial charge >= 0.3 is 5.97 Å². The molecule has 1 aromatic carbocycles. The van der Waals surface area contributed by atoms with Crippen LogP contribution in [0.3, 0.4) is 0 Å². The van der Waals surface area contributed by atoms with E-state index in [1.165, 1.54) is 4.90 Å². The van der Waals surface area contributed by atoms with Crippen LogP contribution in [-0.4, -0.2) is 41.1 Å². The van der Waals surface area contributed by atoms with E-state index in [9.17, 15) is 14.7 Å². The summed E-state index contributed by atoms with van der Waals surface area (Å²) in [5.41, 5.74) is 1.06. The van der Waals surface area contributed by atoms with Crippen LogP contribution in [0.2, 0.25) is 0 Å². The average Bonchev–Trinajstić information content (AvgIpc) is 2.54. The quantitative estimate of drug-likeness (QED) is 0.877. The SMILES string of the molecule is CCOc1ccc(CCC(=O)N2CCCC[C@H]2C(=O)O)cc1. The Morgan fingerprint density at radius 2 is 2.00 bits per heavy atom. The topological polar surface area (TPSA) is 66.8 Å². The number of rotatable bonds is 6. The van der Waals surface area contributed by atoms with Crippen molar-refractivity contribution in [1.29, 1.82) is 0 Å². The number of carbonyl (C=O) groups is 2. The zero-order valence-corrected chi connectivity index (χ0v) is 13.0. The molecule has 1 fully saturated rings. The number of carbonyl (C=O) groups excluding carboxylic acids is 1. The number of hydrogen-bond donors (Lipinski definition) is 1. The van der Waals surface area contributed by atoms with Crippen LogP contribution in [0.15, 0.2) is 24.3 Å². The van der Waals surface area contributed by atoms with E-state index in [4.69, 9.17) is 4.74 Å². The fourth-order valence-corrected chi connectivity index (χ4v) is 2.80. The second kappa shape index (κ2) is 7.82. The smallest absolute Gasteiger partial charge is 0.326 e. The molecule has 1 heterocycles. The predicted octanol–water partition coefficient (Wildman–Crippen LogP) is 2.48. The number of likely N-dealkylation sites (tertiary alicyclic amines) is 1. The fourth-order valence-electron chi connectivity index (χ4n) is 2.80. The second-order valence-electron chi connectivity index (χ2n) is 5.51. The molecule has 0 bridgehead atoms. The third-order valence-electron chi connectivity index (χ3n) is 3.97. The van der Waals surface area contributed by atoms with Crippen LogP contribution in [0.25, 0.3) is 0 Å². The normalized spacial score (nSPS) is 18.0. The first-order valence-electron chi connectivity index (χ1n) is 7.86. The number of carboxylic acid groups (broad SMARTS) is 1. The summed E-state index contributed by atoms with van der Waals surface area (Å²) in [6.07, 6.45) is 3.29. The van der Waals surface area contributed by atoms with Crippen molar-refractivity contribution in [3.8, 4) is 5.75 Å². The lowest BCUT2D eigenvalue weighted by Gasteiger charge is -2.33. The van der Waals surface area contributed by atoms with E-state index in [0.29, 0.717) is 32.4 Å². The summed E-state index contributed by atoms with van der Waals surface area (Å²) in [4.78, 5) is 25.1. The zero-order chi connectivity index (χ0) is 15.9. The molecule has 0 aromatic heterocycles. The molecule has 0 aliphatic carbocycles. The second-order valence-corrected chi connectivity index (χ2v) is 5.51. The molecule has 0 spiro atoms. The number of aryl methyl sites for hydroxylation is 1. The summed E-state index contributed by atoms with van der Waals surface area (Å²) in [5.74, 6) is -0.144. The standard InChI is InChI=1S/C17H23NO4/c1-2-22-14-9-6-13(7-10-14)8-11-16(19)18-12-4-3-5-15(18)17(20)21/h6-7,9-10,15H,2-5,8,11-12H2,1H3,(H,20,21)/t15-/m0/s1. The third-order valence-corrected chi connectivity index (χ3v) is 3.97. The molecule has 1 N–H and O–H groups in total. The van der Waals surface area contributed by atoms with Crippen molar-refractivity contribution < 1.29 is 19.4 Å². The summed E-state index contributed by atoms with van der Waals surface area (Å²) >= 11 is 0. The molecule has 5 heteroatoms. The molecule has 22 heavy (non-hydrogen) atoms. The van der Waals surface area contributed by atoms with Crippen molar-refractivity contribution in [3.63, 3.8) is 0 Å². The first kappa shape index (κ1) is 16.3. The van der Waals surface area contributed by atoms with Gasteiger partial charge in [0, 0.05) is 13.0 Å². The van der Waals surface area contributed by atoms with E-state index in [0.717, 1.165) is 24.2 Å². The number of amides is 1. The molecule has 1 aromatic rings. The average molecular weight is 305 g/mol. The maximum absolute atomic E-state index is 12.3. The lowest BCUT2D eigenvalue weighted by atomic mass is 10.0. The highest BCUT2D eigenvalue weighted by Gasteiger charge is 2.31. The molecule has 0 unspecified atom stereocenters. The Morgan fingerprint density at radius 1 is 1.27 bits per heavy atom. The van der Waals surface area contributed by atoms with Crippen LogP contribution in [0, 0.1) is 0 Å². The maximum Gasteiger partial charge on any atom is 0.326 e. The molecular weight excluding hydrogens is 282 g/mol. The number of nitrogens with zero attached hydrogens (tertiary/aromatic N) is 1. The number of aliphatic carboxylic acids is 1. The van der Waals surface area contributed by atoms with Crippen LogP contribution in [0.1, 0.15) is 38.2 Å². The van der Waals surface area contributed by atoms with Gasteiger partial charge in [-0.25, -0.2) is 4.79 Å². The van der Waals surface area contributed by atoms with Gasteiger partial charge in [-0.1, -0.05) is 12.1 Å². The van der Waals surface area contributed by atoms with Gasteiger partial charge in [-0.3, -0.25) is 4.79 Å². The lowest BCUT2D eigenvalue weighted by Crippen LogP contribution is -2.48. The van der Waals surface area contributed by atoms with Gasteiger partial charge in [-0.05, 0) is 50.3 Å². The number of hydrogen-bond acceptors (Lipinski definition) is 3. The molecule has 0 saturated carbocycles. The Bertz CT molecular complexity index is 512. The van der Waals surface area contributed by atoms with Gasteiger partial charge < -0.3 is 14.7 Å². The van der Waals surface area contributed by atoms with Gasteiger partial charge in [0.05, 0.1) is 6.61 Å². The zero-order valence-electron chi connectivity index (χ0n) is 13.0. The van der Waals surface area contributed by atoms with Crippen LogP contribution in [0.4, 0.5) is 0 Å². The summed E-state index contributed by atoms with van der Waals surface area (Å²) in [6.45, 7) is 3.12. The number of ether oxygens (including phenoxy) is 1. The third kappa shape index (κ3) is 4.23. The Kier molecular flexibility index (Phi) is 5.81. The molecule has 1 aliphatic heterocycles. The maximum atomic E-state index is 12.3. The molecule has 1 saturated heterocycles. The summed E-state index contributed by atoms with van der Waals surface area (Å²) in [7, 11) is 0. The van der Waals surface area contributed by atoms with Crippen molar-refractivity contribution in [2.75, 3.05) is 13.2 Å². The lowest BCUT2D eigenvalue weighted by molar-refractivity contribution is -0.152. The Labute approximate surface area is 130 Å². The molecule has 1 aliphatic rings. The van der Waals surface area contributed by atoms with Crippen LogP contribution in [-0.2, 0) is 16.0 Å². The van der Waals surface area contributed by atoms with E-state index in [2.05, 4.69) is 0 Å². The largest absolute Gasteiger partial charge is 0.494 e. The minimum atomic E-state index is -0.894. The molecule has 5 nitrogen and oxygen atoms in total. The van der Waals surface area contributed by atoms with Crippen LogP contribution in [0.5, 0.6) is 5.75 Å². The van der Waals surface area contributed by atoms with Gasteiger partial charge in [0.15, 0.2) is 0 Å². The molecule has 1 amide bonds. The molecule has 120 valence electrons. The van der Waals surface area contributed by atoms with E-state index < -0.39 is 12.0 Å². The first-order chi connectivity index (χ1) is 10.6. The summed E-state index contributed by atoms with van der Waals surface area (Å²) < 4.78 is 5.38. The van der Waals surface area contributed by atoms with Crippen molar-refractivity contribution in [2.45, 2.75) is 45.1 Å². The minimum Gasteiger partial charge on any atom is -0.494 e. The van der Waals surface area contributed by atoms with Crippen LogP contribution < -0.4 is 4.74 Å². The number of piperidine rings is 1. The molecule has 2 rings (SSSR count).